The van der Waals surface area contributed by atoms with E-state index < -0.39 is 0 Å². The van der Waals surface area contributed by atoms with Gasteiger partial charge in [-0.2, -0.15) is 0 Å². The number of hydrogen-bond donors (Lipinski definition) is 1. The first-order valence-corrected chi connectivity index (χ1v) is 6.70. The normalized spacial score (nSPS) is 17.4. The summed E-state index contributed by atoms with van der Waals surface area (Å²) >= 11 is 2.37. The SMILES string of the molecule is Cc1ccc(NC/C(I)=C/[C]2[CH][CH][CH][CH]2)cc1. The summed E-state index contributed by atoms with van der Waals surface area (Å²) in [6.45, 7) is 2.97. The summed E-state index contributed by atoms with van der Waals surface area (Å²) in [6.07, 6.45) is 10.5. The van der Waals surface area contributed by atoms with Crippen molar-refractivity contribution >= 4 is 28.3 Å². The molecule has 0 unspecified atom stereocenters. The summed E-state index contributed by atoms with van der Waals surface area (Å²) in [5, 5.41) is 3.41. The molecule has 0 aromatic heterocycles. The Kier molecular flexibility index (Phi) is 4.89. The molecule has 0 saturated heterocycles. The van der Waals surface area contributed by atoms with E-state index in [1.807, 2.05) is 0 Å². The first kappa shape index (κ1) is 12.9. The molecule has 1 nitrogen and oxygen atoms in total. The average Bonchev–Trinajstić information content (AvgIpc) is 2.81. The highest BCUT2D eigenvalue weighted by atomic mass is 127. The number of nitrogens with one attached hydrogen (secondary N) is 1. The second-order valence-corrected chi connectivity index (χ2v) is 5.41. The van der Waals surface area contributed by atoms with Gasteiger partial charge in [0.25, 0.3) is 0 Å². The Bertz CT molecular complexity index is 374. The molecule has 0 aliphatic heterocycles. The second-order valence-electron chi connectivity index (χ2n) is 4.03. The Labute approximate surface area is 118 Å². The predicted molar refractivity (Wildman–Crippen MR) is 82.2 cm³/mol. The molecule has 0 atom stereocenters. The maximum absolute atomic E-state index is 3.41. The van der Waals surface area contributed by atoms with Crippen LogP contribution in [0.5, 0.6) is 0 Å². The third kappa shape index (κ3) is 4.34. The zero-order chi connectivity index (χ0) is 12.1. The predicted octanol–water partition coefficient (Wildman–Crippen LogP) is 4.13. The minimum atomic E-state index is 0.870. The van der Waals surface area contributed by atoms with Crippen molar-refractivity contribution in [3.8, 4) is 0 Å². The number of aryl methyl sites for hydroxylation is 1. The summed E-state index contributed by atoms with van der Waals surface area (Å²) in [7, 11) is 0. The minimum absolute atomic E-state index is 0.870. The third-order valence-electron chi connectivity index (χ3n) is 2.52. The molecule has 1 aliphatic carbocycles. The van der Waals surface area contributed by atoms with Crippen LogP contribution in [0.15, 0.2) is 33.9 Å². The number of hydrogen-bond acceptors (Lipinski definition) is 1. The van der Waals surface area contributed by atoms with Gasteiger partial charge in [0.15, 0.2) is 0 Å². The van der Waals surface area contributed by atoms with Crippen LogP contribution in [0.2, 0.25) is 0 Å². The third-order valence-corrected chi connectivity index (χ3v) is 3.22. The van der Waals surface area contributed by atoms with E-state index in [9.17, 15) is 0 Å². The maximum atomic E-state index is 3.41. The van der Waals surface area contributed by atoms with Gasteiger partial charge in [-0.3, -0.25) is 0 Å². The van der Waals surface area contributed by atoms with Crippen molar-refractivity contribution in [2.75, 3.05) is 11.9 Å². The van der Waals surface area contributed by atoms with Gasteiger partial charge < -0.3 is 5.32 Å². The topological polar surface area (TPSA) is 12.0 Å². The molecule has 17 heavy (non-hydrogen) atoms. The molecule has 5 radical (unpaired) electrons. The molecule has 1 N–H and O–H groups in total. The minimum Gasteiger partial charge on any atom is -0.381 e. The Morgan fingerprint density at radius 3 is 2.47 bits per heavy atom. The van der Waals surface area contributed by atoms with Crippen molar-refractivity contribution < 1.29 is 0 Å². The first-order chi connectivity index (χ1) is 8.24. The van der Waals surface area contributed by atoms with E-state index in [-0.39, 0.29) is 0 Å². The second kappa shape index (κ2) is 6.43. The zero-order valence-electron chi connectivity index (χ0n) is 9.78. The Morgan fingerprint density at radius 2 is 1.82 bits per heavy atom. The van der Waals surface area contributed by atoms with Gasteiger partial charge in [-0.25, -0.2) is 0 Å². The van der Waals surface area contributed by atoms with Crippen molar-refractivity contribution in [3.05, 3.63) is 71.1 Å². The van der Waals surface area contributed by atoms with Crippen LogP contribution in [0.4, 0.5) is 5.69 Å². The molecule has 1 saturated carbocycles. The highest BCUT2D eigenvalue weighted by Crippen LogP contribution is 2.26. The van der Waals surface area contributed by atoms with Crippen molar-refractivity contribution in [2.45, 2.75) is 6.92 Å². The van der Waals surface area contributed by atoms with Crippen LogP contribution in [0.1, 0.15) is 5.56 Å². The standard InChI is InChI=1S/C15H15IN/c1-12-6-8-15(9-7-12)17-11-14(16)10-13-4-2-3-5-13/h2-10,17H,11H2,1H3/b14-10-. The lowest BCUT2D eigenvalue weighted by Crippen LogP contribution is -2.02. The lowest BCUT2D eigenvalue weighted by molar-refractivity contribution is 1.28. The van der Waals surface area contributed by atoms with Gasteiger partial charge in [0.2, 0.25) is 0 Å². The molecule has 0 heterocycles. The van der Waals surface area contributed by atoms with Gasteiger partial charge >= 0.3 is 0 Å². The molecule has 87 valence electrons. The lowest BCUT2D eigenvalue weighted by atomic mass is 10.1. The average molecular weight is 336 g/mol. The fourth-order valence-corrected chi connectivity index (χ4v) is 2.13. The van der Waals surface area contributed by atoms with Crippen LogP contribution in [0.25, 0.3) is 0 Å². The van der Waals surface area contributed by atoms with Crippen LogP contribution in [0, 0.1) is 38.5 Å². The first-order valence-electron chi connectivity index (χ1n) is 5.62. The van der Waals surface area contributed by atoms with Gasteiger partial charge in [-0.15, -0.1) is 0 Å². The molecular formula is C15H15IN. The van der Waals surface area contributed by atoms with Gasteiger partial charge in [-0.1, -0.05) is 23.8 Å². The molecule has 2 rings (SSSR count). The highest BCUT2D eigenvalue weighted by molar-refractivity contribution is 14.1. The number of halogens is 1. The Balaban J connectivity index is 1.82. The quantitative estimate of drug-likeness (QED) is 0.816. The fraction of sp³-hybridized carbons (Fsp3) is 0.133. The summed E-state index contributed by atoms with van der Waals surface area (Å²) in [6, 6.07) is 8.47. The van der Waals surface area contributed by atoms with Crippen LogP contribution in [-0.4, -0.2) is 6.54 Å². The van der Waals surface area contributed by atoms with Crippen LogP contribution >= 0.6 is 22.6 Å². The molecule has 0 spiro atoms. The summed E-state index contributed by atoms with van der Waals surface area (Å²) < 4.78 is 1.30. The van der Waals surface area contributed by atoms with E-state index in [1.54, 1.807) is 0 Å². The van der Waals surface area contributed by atoms with E-state index in [2.05, 4.69) is 90.9 Å². The smallest absolute Gasteiger partial charge is 0.0455 e. The lowest BCUT2D eigenvalue weighted by Gasteiger charge is -2.07. The molecular weight excluding hydrogens is 321 g/mol. The van der Waals surface area contributed by atoms with Gasteiger partial charge in [0, 0.05) is 21.7 Å². The number of benzene rings is 1. The van der Waals surface area contributed by atoms with Crippen molar-refractivity contribution in [2.24, 2.45) is 0 Å². The highest BCUT2D eigenvalue weighted by Gasteiger charge is 2.14. The number of allylic oxidation sites excluding steroid dienone is 1. The molecule has 2 heteroatoms. The largest absolute Gasteiger partial charge is 0.381 e. The zero-order valence-corrected chi connectivity index (χ0v) is 11.9. The summed E-state index contributed by atoms with van der Waals surface area (Å²) in [4.78, 5) is 0. The molecule has 1 aromatic carbocycles. The summed E-state index contributed by atoms with van der Waals surface area (Å²) in [5.41, 5.74) is 2.46. The molecule has 1 fully saturated rings. The van der Waals surface area contributed by atoms with Gasteiger partial charge in [0.05, 0.1) is 0 Å². The van der Waals surface area contributed by atoms with Crippen molar-refractivity contribution in [3.63, 3.8) is 0 Å². The fourth-order valence-electron chi connectivity index (χ4n) is 1.57. The van der Waals surface area contributed by atoms with Gasteiger partial charge in [-0.05, 0) is 67.3 Å². The van der Waals surface area contributed by atoms with Gasteiger partial charge in [0.1, 0.15) is 0 Å². The van der Waals surface area contributed by atoms with Crippen LogP contribution in [-0.2, 0) is 0 Å². The maximum Gasteiger partial charge on any atom is 0.0455 e. The van der Waals surface area contributed by atoms with E-state index >= 15 is 0 Å². The molecule has 0 bridgehead atoms. The molecule has 1 aliphatic rings. The molecule has 1 aromatic rings. The van der Waals surface area contributed by atoms with Crippen molar-refractivity contribution in [1.29, 1.82) is 0 Å². The van der Waals surface area contributed by atoms with Crippen LogP contribution < -0.4 is 5.32 Å². The number of anilines is 1. The van der Waals surface area contributed by atoms with Crippen molar-refractivity contribution in [1.82, 2.24) is 0 Å². The van der Waals surface area contributed by atoms with Crippen LogP contribution in [0.3, 0.4) is 0 Å². The van der Waals surface area contributed by atoms with E-state index in [0.29, 0.717) is 0 Å². The number of rotatable bonds is 4. The Hall–Kier alpha value is -0.510. The van der Waals surface area contributed by atoms with E-state index in [0.717, 1.165) is 6.54 Å². The summed E-state index contributed by atoms with van der Waals surface area (Å²) in [5.74, 6) is 1.26. The monoisotopic (exact) mass is 336 g/mol. The van der Waals surface area contributed by atoms with E-state index in [1.165, 1.54) is 20.7 Å². The molecule has 0 amide bonds. The van der Waals surface area contributed by atoms with E-state index in [4.69, 9.17) is 0 Å². The Morgan fingerprint density at radius 1 is 1.18 bits per heavy atom.